The van der Waals surface area contributed by atoms with Crippen molar-refractivity contribution in [2.45, 2.75) is 13.0 Å². The first-order valence-electron chi connectivity index (χ1n) is 6.38. The molecule has 4 heteroatoms. The van der Waals surface area contributed by atoms with Crippen LogP contribution < -0.4 is 10.6 Å². The van der Waals surface area contributed by atoms with Crippen molar-refractivity contribution in [3.05, 3.63) is 59.4 Å². The summed E-state index contributed by atoms with van der Waals surface area (Å²) in [5.41, 5.74) is 3.86. The SMILES string of the molecule is O=C(Nc1ccc2c(c1)CNCC2)c1ccccn1. The van der Waals surface area contributed by atoms with Crippen LogP contribution in [0.15, 0.2) is 42.6 Å². The van der Waals surface area contributed by atoms with Gasteiger partial charge in [-0.15, -0.1) is 0 Å². The minimum Gasteiger partial charge on any atom is -0.321 e. The summed E-state index contributed by atoms with van der Waals surface area (Å²) in [6.07, 6.45) is 2.66. The Morgan fingerprint density at radius 1 is 1.21 bits per heavy atom. The molecule has 0 aliphatic carbocycles. The molecule has 1 aliphatic rings. The molecular weight excluding hydrogens is 238 g/mol. The molecule has 0 saturated carbocycles. The summed E-state index contributed by atoms with van der Waals surface area (Å²) in [7, 11) is 0. The van der Waals surface area contributed by atoms with E-state index in [1.807, 2.05) is 12.1 Å². The minimum atomic E-state index is -0.177. The van der Waals surface area contributed by atoms with Crippen molar-refractivity contribution >= 4 is 11.6 Å². The molecule has 2 aromatic rings. The lowest BCUT2D eigenvalue weighted by Gasteiger charge is -2.18. The predicted octanol–water partition coefficient (Wildman–Crippen LogP) is 1.98. The van der Waals surface area contributed by atoms with Crippen molar-refractivity contribution in [2.75, 3.05) is 11.9 Å². The zero-order valence-electron chi connectivity index (χ0n) is 10.5. The van der Waals surface area contributed by atoms with Gasteiger partial charge in [0.2, 0.25) is 0 Å². The molecule has 0 radical (unpaired) electrons. The van der Waals surface area contributed by atoms with Crippen LogP contribution in [0.3, 0.4) is 0 Å². The summed E-state index contributed by atoms with van der Waals surface area (Å²) in [5.74, 6) is -0.177. The van der Waals surface area contributed by atoms with Gasteiger partial charge in [0, 0.05) is 18.4 Å². The van der Waals surface area contributed by atoms with E-state index in [4.69, 9.17) is 0 Å². The maximum Gasteiger partial charge on any atom is 0.274 e. The van der Waals surface area contributed by atoms with E-state index >= 15 is 0 Å². The molecular formula is C15H15N3O. The van der Waals surface area contributed by atoms with Gasteiger partial charge in [-0.25, -0.2) is 0 Å². The molecule has 0 atom stereocenters. The Morgan fingerprint density at radius 2 is 2.16 bits per heavy atom. The minimum absolute atomic E-state index is 0.177. The molecule has 0 fully saturated rings. The Kier molecular flexibility index (Phi) is 3.25. The number of rotatable bonds is 2. The summed E-state index contributed by atoms with van der Waals surface area (Å²) in [4.78, 5) is 16.0. The van der Waals surface area contributed by atoms with Crippen LogP contribution >= 0.6 is 0 Å². The van der Waals surface area contributed by atoms with Gasteiger partial charge in [-0.2, -0.15) is 0 Å². The van der Waals surface area contributed by atoms with Gasteiger partial charge in [-0.3, -0.25) is 9.78 Å². The number of amides is 1. The number of aromatic nitrogens is 1. The number of nitrogens with zero attached hydrogens (tertiary/aromatic N) is 1. The second-order valence-electron chi connectivity index (χ2n) is 4.58. The molecule has 19 heavy (non-hydrogen) atoms. The first kappa shape index (κ1) is 11.9. The van der Waals surface area contributed by atoms with E-state index in [-0.39, 0.29) is 5.91 Å². The quantitative estimate of drug-likeness (QED) is 0.860. The normalized spacial score (nSPS) is 13.7. The molecule has 1 aliphatic heterocycles. The molecule has 2 N–H and O–H groups in total. The fourth-order valence-electron chi connectivity index (χ4n) is 2.25. The lowest BCUT2D eigenvalue weighted by Crippen LogP contribution is -2.23. The highest BCUT2D eigenvalue weighted by Gasteiger charge is 2.11. The van der Waals surface area contributed by atoms with E-state index in [9.17, 15) is 4.79 Å². The fourth-order valence-corrected chi connectivity index (χ4v) is 2.25. The molecule has 1 aromatic carbocycles. The van der Waals surface area contributed by atoms with E-state index < -0.39 is 0 Å². The van der Waals surface area contributed by atoms with Gasteiger partial charge in [0.05, 0.1) is 0 Å². The maximum atomic E-state index is 12.0. The van der Waals surface area contributed by atoms with Crippen LogP contribution in [0.2, 0.25) is 0 Å². The second kappa shape index (κ2) is 5.20. The van der Waals surface area contributed by atoms with Crippen LogP contribution in [0.25, 0.3) is 0 Å². The Balaban J connectivity index is 1.78. The Hall–Kier alpha value is -2.20. The number of hydrogen-bond acceptors (Lipinski definition) is 3. The number of pyridine rings is 1. The summed E-state index contributed by atoms with van der Waals surface area (Å²) in [6, 6.07) is 11.4. The Bertz CT molecular complexity index is 596. The van der Waals surface area contributed by atoms with E-state index in [0.29, 0.717) is 5.69 Å². The summed E-state index contributed by atoms with van der Waals surface area (Å²) < 4.78 is 0. The van der Waals surface area contributed by atoms with Crippen molar-refractivity contribution in [3.8, 4) is 0 Å². The van der Waals surface area contributed by atoms with Gasteiger partial charge >= 0.3 is 0 Å². The molecule has 4 nitrogen and oxygen atoms in total. The van der Waals surface area contributed by atoms with Crippen molar-refractivity contribution in [3.63, 3.8) is 0 Å². The zero-order chi connectivity index (χ0) is 13.1. The average Bonchev–Trinajstić information content (AvgIpc) is 2.48. The lowest BCUT2D eigenvalue weighted by molar-refractivity contribution is 0.102. The molecule has 0 saturated heterocycles. The predicted molar refractivity (Wildman–Crippen MR) is 74.0 cm³/mol. The standard InChI is InChI=1S/C15H15N3O/c19-15(14-3-1-2-7-17-14)18-13-5-4-11-6-8-16-10-12(11)9-13/h1-5,7,9,16H,6,8,10H2,(H,18,19). The van der Waals surface area contributed by atoms with Crippen molar-refractivity contribution in [2.24, 2.45) is 0 Å². The van der Waals surface area contributed by atoms with E-state index in [2.05, 4.69) is 21.7 Å². The number of hydrogen-bond donors (Lipinski definition) is 2. The van der Waals surface area contributed by atoms with Crippen LogP contribution in [0.5, 0.6) is 0 Å². The molecule has 2 heterocycles. The van der Waals surface area contributed by atoms with Gasteiger partial charge in [0.25, 0.3) is 5.91 Å². The van der Waals surface area contributed by atoms with Gasteiger partial charge < -0.3 is 10.6 Å². The third kappa shape index (κ3) is 2.63. The molecule has 1 amide bonds. The Labute approximate surface area is 111 Å². The summed E-state index contributed by atoms with van der Waals surface area (Å²) in [5, 5.41) is 6.21. The van der Waals surface area contributed by atoms with Gasteiger partial charge in [0.1, 0.15) is 5.69 Å². The summed E-state index contributed by atoms with van der Waals surface area (Å²) in [6.45, 7) is 1.88. The number of carbonyl (C=O) groups is 1. The van der Waals surface area contributed by atoms with Gasteiger partial charge in [0.15, 0.2) is 0 Å². The molecule has 0 spiro atoms. The number of nitrogens with one attached hydrogen (secondary N) is 2. The maximum absolute atomic E-state index is 12.0. The van der Waals surface area contributed by atoms with Crippen LogP contribution in [-0.4, -0.2) is 17.4 Å². The Morgan fingerprint density at radius 3 is 3.00 bits per heavy atom. The topological polar surface area (TPSA) is 54.0 Å². The van der Waals surface area contributed by atoms with Crippen LogP contribution in [0.1, 0.15) is 21.6 Å². The molecule has 3 rings (SSSR count). The molecule has 0 bridgehead atoms. The van der Waals surface area contributed by atoms with Crippen LogP contribution in [0, 0.1) is 0 Å². The average molecular weight is 253 g/mol. The fraction of sp³-hybridized carbons (Fsp3) is 0.200. The first-order chi connectivity index (χ1) is 9.33. The smallest absolute Gasteiger partial charge is 0.274 e. The molecule has 96 valence electrons. The van der Waals surface area contributed by atoms with Crippen molar-refractivity contribution in [1.82, 2.24) is 10.3 Å². The van der Waals surface area contributed by atoms with E-state index in [1.165, 1.54) is 11.1 Å². The highest BCUT2D eigenvalue weighted by atomic mass is 16.1. The highest BCUT2D eigenvalue weighted by Crippen LogP contribution is 2.19. The third-order valence-electron chi connectivity index (χ3n) is 3.25. The number of benzene rings is 1. The van der Waals surface area contributed by atoms with Crippen LogP contribution in [-0.2, 0) is 13.0 Å². The summed E-state index contributed by atoms with van der Waals surface area (Å²) >= 11 is 0. The van der Waals surface area contributed by atoms with Gasteiger partial charge in [-0.05, 0) is 48.4 Å². The lowest BCUT2D eigenvalue weighted by atomic mass is 10.0. The molecule has 0 unspecified atom stereocenters. The third-order valence-corrected chi connectivity index (χ3v) is 3.25. The van der Waals surface area contributed by atoms with Crippen molar-refractivity contribution in [1.29, 1.82) is 0 Å². The van der Waals surface area contributed by atoms with Gasteiger partial charge in [-0.1, -0.05) is 12.1 Å². The monoisotopic (exact) mass is 253 g/mol. The first-order valence-corrected chi connectivity index (χ1v) is 6.38. The largest absolute Gasteiger partial charge is 0.321 e. The van der Waals surface area contributed by atoms with E-state index in [0.717, 1.165) is 25.2 Å². The molecule has 1 aromatic heterocycles. The second-order valence-corrected chi connectivity index (χ2v) is 4.58. The van der Waals surface area contributed by atoms with Crippen molar-refractivity contribution < 1.29 is 4.79 Å². The van der Waals surface area contributed by atoms with Crippen LogP contribution in [0.4, 0.5) is 5.69 Å². The van der Waals surface area contributed by atoms with E-state index in [1.54, 1.807) is 24.4 Å². The number of carbonyl (C=O) groups excluding carboxylic acids is 1. The number of fused-ring (bicyclic) bond motifs is 1. The highest BCUT2D eigenvalue weighted by molar-refractivity contribution is 6.02. The zero-order valence-corrected chi connectivity index (χ0v) is 10.5. The number of anilines is 1.